The lowest BCUT2D eigenvalue weighted by Crippen LogP contribution is -2.22. The fourth-order valence-electron chi connectivity index (χ4n) is 1.76. The van der Waals surface area contributed by atoms with Crippen molar-refractivity contribution < 1.29 is 19.4 Å². The van der Waals surface area contributed by atoms with E-state index < -0.39 is 29.9 Å². The number of amides is 1. The minimum absolute atomic E-state index is 0.180. The molecule has 0 aliphatic heterocycles. The van der Waals surface area contributed by atoms with Crippen molar-refractivity contribution in [2.45, 2.75) is 0 Å². The summed E-state index contributed by atoms with van der Waals surface area (Å²) in [7, 11) is 0. The van der Waals surface area contributed by atoms with Gasteiger partial charge in [0.25, 0.3) is 11.5 Å². The second kappa shape index (κ2) is 7.30. The number of pyridine rings is 1. The summed E-state index contributed by atoms with van der Waals surface area (Å²) in [5.41, 5.74) is -0.521. The largest absolute Gasteiger partial charge is 0.494 e. The molecule has 1 aromatic carbocycles. The van der Waals surface area contributed by atoms with Gasteiger partial charge < -0.3 is 15.2 Å². The zero-order valence-electron chi connectivity index (χ0n) is 12.0. The number of aromatic amines is 1. The van der Waals surface area contributed by atoms with E-state index in [0.29, 0.717) is 5.02 Å². The Kier molecular flexibility index (Phi) is 5.19. The van der Waals surface area contributed by atoms with Crippen LogP contribution in [0.15, 0.2) is 35.1 Å². The Bertz CT molecular complexity index is 901. The molecule has 2 aromatic rings. The van der Waals surface area contributed by atoms with Gasteiger partial charge in [-0.2, -0.15) is 5.26 Å². The van der Waals surface area contributed by atoms with Crippen LogP contribution in [-0.2, 0) is 9.53 Å². The molecule has 0 unspecified atom stereocenters. The van der Waals surface area contributed by atoms with Crippen LogP contribution in [-0.4, -0.2) is 28.6 Å². The van der Waals surface area contributed by atoms with Crippen molar-refractivity contribution in [1.82, 2.24) is 4.98 Å². The number of halogens is 1. The number of esters is 1. The van der Waals surface area contributed by atoms with Crippen LogP contribution >= 0.6 is 11.6 Å². The zero-order valence-corrected chi connectivity index (χ0v) is 12.8. The zero-order chi connectivity index (χ0) is 17.7. The number of rotatable bonds is 4. The fourth-order valence-corrected chi connectivity index (χ4v) is 1.94. The molecule has 0 aliphatic rings. The number of nitrogens with one attached hydrogen (secondary N) is 2. The highest BCUT2D eigenvalue weighted by Gasteiger charge is 2.13. The molecule has 0 saturated carbocycles. The summed E-state index contributed by atoms with van der Waals surface area (Å²) in [5, 5.41) is 20.9. The van der Waals surface area contributed by atoms with Gasteiger partial charge in [0.1, 0.15) is 6.07 Å². The SMILES string of the molecule is N#Cc1ccc(Cl)cc1NC(=O)COC(=O)c1cc(O)[nH]c(=O)c1. The maximum atomic E-state index is 11.8. The van der Waals surface area contributed by atoms with Crippen LogP contribution in [0.4, 0.5) is 5.69 Å². The van der Waals surface area contributed by atoms with E-state index in [9.17, 15) is 19.5 Å². The van der Waals surface area contributed by atoms with Gasteiger partial charge in [-0.1, -0.05) is 11.6 Å². The highest BCUT2D eigenvalue weighted by Crippen LogP contribution is 2.20. The van der Waals surface area contributed by atoms with Crippen LogP contribution in [0.2, 0.25) is 5.02 Å². The molecule has 1 aromatic heterocycles. The molecule has 0 saturated heterocycles. The normalized spacial score (nSPS) is 9.83. The second-order valence-corrected chi connectivity index (χ2v) is 4.98. The maximum absolute atomic E-state index is 11.8. The van der Waals surface area contributed by atoms with Gasteiger partial charge in [0.15, 0.2) is 12.5 Å². The molecular formula is C15H10ClN3O5. The van der Waals surface area contributed by atoms with E-state index in [1.807, 2.05) is 6.07 Å². The first-order valence-electron chi connectivity index (χ1n) is 6.49. The van der Waals surface area contributed by atoms with Crippen LogP contribution in [0.1, 0.15) is 15.9 Å². The van der Waals surface area contributed by atoms with Crippen molar-refractivity contribution in [3.05, 3.63) is 56.8 Å². The number of nitrogens with zero attached hydrogens (tertiary/aromatic N) is 1. The third-order valence-electron chi connectivity index (χ3n) is 2.78. The van der Waals surface area contributed by atoms with Gasteiger partial charge in [-0.3, -0.25) is 14.6 Å². The Hall–Kier alpha value is -3.31. The predicted molar refractivity (Wildman–Crippen MR) is 83.8 cm³/mol. The van der Waals surface area contributed by atoms with Gasteiger partial charge in [0.2, 0.25) is 0 Å². The Balaban J connectivity index is 2.01. The monoisotopic (exact) mass is 347 g/mol. The summed E-state index contributed by atoms with van der Waals surface area (Å²) in [6, 6.07) is 8.11. The van der Waals surface area contributed by atoms with Crippen LogP contribution in [0.5, 0.6) is 5.88 Å². The van der Waals surface area contributed by atoms with Gasteiger partial charge in [0, 0.05) is 17.2 Å². The smallest absolute Gasteiger partial charge is 0.339 e. The average Bonchev–Trinajstić information content (AvgIpc) is 2.52. The quantitative estimate of drug-likeness (QED) is 0.716. The lowest BCUT2D eigenvalue weighted by Gasteiger charge is -2.08. The topological polar surface area (TPSA) is 132 Å². The molecule has 1 heterocycles. The first kappa shape index (κ1) is 17.1. The first-order chi connectivity index (χ1) is 11.4. The molecule has 8 nitrogen and oxygen atoms in total. The minimum atomic E-state index is -0.960. The van der Waals surface area contributed by atoms with Crippen molar-refractivity contribution >= 4 is 29.2 Å². The highest BCUT2D eigenvalue weighted by molar-refractivity contribution is 6.31. The van der Waals surface area contributed by atoms with Crippen LogP contribution in [0.25, 0.3) is 0 Å². The number of carbonyl (C=O) groups excluding carboxylic acids is 2. The number of H-pyrrole nitrogens is 1. The van der Waals surface area contributed by atoms with Crippen LogP contribution < -0.4 is 10.9 Å². The highest BCUT2D eigenvalue weighted by atomic mass is 35.5. The van der Waals surface area contributed by atoms with E-state index in [4.69, 9.17) is 21.6 Å². The van der Waals surface area contributed by atoms with Crippen molar-refractivity contribution in [3.8, 4) is 11.9 Å². The molecule has 0 bridgehead atoms. The number of anilines is 1. The van der Waals surface area contributed by atoms with Gasteiger partial charge in [-0.25, -0.2) is 4.79 Å². The fraction of sp³-hybridized carbons (Fsp3) is 0.0667. The average molecular weight is 348 g/mol. The predicted octanol–water partition coefficient (Wildman–Crippen LogP) is 1.40. The van der Waals surface area contributed by atoms with Crippen LogP contribution in [0, 0.1) is 11.3 Å². The Morgan fingerprint density at radius 2 is 2.08 bits per heavy atom. The third-order valence-corrected chi connectivity index (χ3v) is 3.01. The minimum Gasteiger partial charge on any atom is -0.494 e. The molecule has 0 fully saturated rings. The van der Waals surface area contributed by atoms with E-state index in [2.05, 4.69) is 10.3 Å². The van der Waals surface area contributed by atoms with Crippen molar-refractivity contribution in [2.75, 3.05) is 11.9 Å². The third kappa shape index (κ3) is 4.34. The number of carbonyl (C=O) groups is 2. The summed E-state index contributed by atoms with van der Waals surface area (Å²) in [4.78, 5) is 36.7. The van der Waals surface area contributed by atoms with E-state index in [-0.39, 0.29) is 16.8 Å². The summed E-state index contributed by atoms with van der Waals surface area (Å²) in [6.07, 6.45) is 0. The lowest BCUT2D eigenvalue weighted by atomic mass is 10.2. The van der Waals surface area contributed by atoms with Crippen molar-refractivity contribution in [1.29, 1.82) is 5.26 Å². The molecule has 3 N–H and O–H groups in total. The standard InChI is InChI=1S/C15H10ClN3O5/c16-10-2-1-8(6-17)11(5-10)18-14(22)7-24-15(23)9-3-12(20)19-13(21)4-9/h1-5H,7H2,(H,18,22)(H2,19,20,21). The number of nitriles is 1. The summed E-state index contributed by atoms with van der Waals surface area (Å²) in [6.45, 7) is -0.649. The molecule has 24 heavy (non-hydrogen) atoms. The molecule has 0 atom stereocenters. The van der Waals surface area contributed by atoms with E-state index >= 15 is 0 Å². The molecule has 122 valence electrons. The molecule has 1 amide bonds. The molecular weight excluding hydrogens is 338 g/mol. The maximum Gasteiger partial charge on any atom is 0.339 e. The second-order valence-electron chi connectivity index (χ2n) is 4.54. The molecule has 0 radical (unpaired) electrons. The molecule has 2 rings (SSSR count). The Morgan fingerprint density at radius 1 is 1.33 bits per heavy atom. The van der Waals surface area contributed by atoms with Gasteiger partial charge >= 0.3 is 5.97 Å². The van der Waals surface area contributed by atoms with E-state index in [1.165, 1.54) is 18.2 Å². The molecule has 9 heteroatoms. The van der Waals surface area contributed by atoms with E-state index in [1.54, 1.807) is 0 Å². The van der Waals surface area contributed by atoms with Crippen molar-refractivity contribution in [3.63, 3.8) is 0 Å². The number of aromatic nitrogens is 1. The number of aromatic hydroxyl groups is 1. The van der Waals surface area contributed by atoms with Gasteiger partial charge in [-0.15, -0.1) is 0 Å². The molecule has 0 aliphatic carbocycles. The van der Waals surface area contributed by atoms with Crippen LogP contribution in [0.3, 0.4) is 0 Å². The van der Waals surface area contributed by atoms with Crippen molar-refractivity contribution in [2.24, 2.45) is 0 Å². The summed E-state index contributed by atoms with van der Waals surface area (Å²) >= 11 is 5.79. The van der Waals surface area contributed by atoms with Gasteiger partial charge in [-0.05, 0) is 18.2 Å². The molecule has 0 spiro atoms. The van der Waals surface area contributed by atoms with Gasteiger partial charge in [0.05, 0.1) is 16.8 Å². The summed E-state index contributed by atoms with van der Waals surface area (Å²) < 4.78 is 4.75. The number of ether oxygens (including phenoxy) is 1. The summed E-state index contributed by atoms with van der Waals surface area (Å²) in [5.74, 6) is -2.16. The Morgan fingerprint density at radius 3 is 2.75 bits per heavy atom. The number of hydrogen-bond donors (Lipinski definition) is 3. The lowest BCUT2D eigenvalue weighted by molar-refractivity contribution is -0.119. The van der Waals surface area contributed by atoms with E-state index in [0.717, 1.165) is 12.1 Å². The number of benzene rings is 1. The Labute approximate surface area is 140 Å². The number of hydrogen-bond acceptors (Lipinski definition) is 6. The first-order valence-corrected chi connectivity index (χ1v) is 6.87.